The van der Waals surface area contributed by atoms with Crippen LogP contribution in [0.4, 0.5) is 5.69 Å². The molecule has 9 heteroatoms. The van der Waals surface area contributed by atoms with Gasteiger partial charge in [-0.1, -0.05) is 61.0 Å². The Morgan fingerprint density at radius 1 is 0.974 bits per heavy atom. The van der Waals surface area contributed by atoms with Crippen LogP contribution >= 0.6 is 11.6 Å². The van der Waals surface area contributed by atoms with Gasteiger partial charge in [-0.05, 0) is 74.2 Å². The molecule has 2 amide bonds. The summed E-state index contributed by atoms with van der Waals surface area (Å²) in [5.74, 6) is -0.808. The first kappa shape index (κ1) is 29.2. The molecule has 3 aromatic carbocycles. The first-order valence-electron chi connectivity index (χ1n) is 12.5. The molecule has 0 aliphatic carbocycles. The zero-order valence-corrected chi connectivity index (χ0v) is 23.7. The maximum Gasteiger partial charge on any atom is 0.264 e. The standard InChI is InChI=1S/C29H34ClN3O4S/c1-5-17-31-29(35)23(4)32(19-24-13-15-25(30)16-14-24)28(34)20-33(27-18-21(2)11-12-22(27)3)38(36,37)26-9-7-6-8-10-26/h6-16,18,23H,5,17,19-20H2,1-4H3,(H,31,35)/t23-/m1/s1. The Bertz CT molecular complexity index is 1360. The second kappa shape index (κ2) is 12.9. The highest BCUT2D eigenvalue weighted by molar-refractivity contribution is 7.92. The number of aryl methyl sites for hydroxylation is 2. The van der Waals surface area contributed by atoms with Crippen LogP contribution in [0.15, 0.2) is 77.7 Å². The molecule has 0 spiro atoms. The van der Waals surface area contributed by atoms with Crippen molar-refractivity contribution in [1.29, 1.82) is 0 Å². The van der Waals surface area contributed by atoms with Crippen LogP contribution in [-0.4, -0.2) is 44.3 Å². The first-order valence-corrected chi connectivity index (χ1v) is 14.3. The predicted molar refractivity (Wildman–Crippen MR) is 152 cm³/mol. The number of carbonyl (C=O) groups excluding carboxylic acids is 2. The van der Waals surface area contributed by atoms with E-state index < -0.39 is 28.5 Å². The van der Waals surface area contributed by atoms with E-state index in [9.17, 15) is 18.0 Å². The third-order valence-electron chi connectivity index (χ3n) is 6.23. The Balaban J connectivity index is 2.04. The molecule has 0 aliphatic heterocycles. The van der Waals surface area contributed by atoms with Gasteiger partial charge in [0.15, 0.2) is 0 Å². The molecule has 1 N–H and O–H groups in total. The molecular weight excluding hydrogens is 522 g/mol. The summed E-state index contributed by atoms with van der Waals surface area (Å²) in [5.41, 5.74) is 2.75. The lowest BCUT2D eigenvalue weighted by atomic mass is 10.1. The summed E-state index contributed by atoms with van der Waals surface area (Å²) in [5, 5.41) is 3.39. The Morgan fingerprint density at radius 2 is 1.63 bits per heavy atom. The summed E-state index contributed by atoms with van der Waals surface area (Å²) in [7, 11) is -4.09. The lowest BCUT2D eigenvalue weighted by Crippen LogP contribution is -2.51. The molecular formula is C29H34ClN3O4S. The van der Waals surface area contributed by atoms with Crippen molar-refractivity contribution in [2.24, 2.45) is 0 Å². The number of hydrogen-bond donors (Lipinski definition) is 1. The van der Waals surface area contributed by atoms with E-state index in [2.05, 4.69) is 5.32 Å². The predicted octanol–water partition coefficient (Wildman–Crippen LogP) is 5.10. The summed E-state index contributed by atoms with van der Waals surface area (Å²) in [6, 6.07) is 19.7. The summed E-state index contributed by atoms with van der Waals surface area (Å²) in [6.07, 6.45) is 0.749. The zero-order chi connectivity index (χ0) is 27.9. The van der Waals surface area contributed by atoms with Crippen molar-refractivity contribution in [3.8, 4) is 0 Å². The van der Waals surface area contributed by atoms with Gasteiger partial charge in [0, 0.05) is 18.1 Å². The quantitative estimate of drug-likeness (QED) is 0.357. The van der Waals surface area contributed by atoms with E-state index in [0.29, 0.717) is 22.8 Å². The number of nitrogens with zero attached hydrogens (tertiary/aromatic N) is 2. The second-order valence-corrected chi connectivity index (χ2v) is 11.5. The van der Waals surface area contributed by atoms with Crippen molar-refractivity contribution < 1.29 is 18.0 Å². The van der Waals surface area contributed by atoms with Gasteiger partial charge in [0.2, 0.25) is 11.8 Å². The van der Waals surface area contributed by atoms with Gasteiger partial charge in [0.25, 0.3) is 10.0 Å². The molecule has 3 rings (SSSR count). The molecule has 0 unspecified atom stereocenters. The largest absolute Gasteiger partial charge is 0.354 e. The average Bonchev–Trinajstić information content (AvgIpc) is 2.91. The number of carbonyl (C=O) groups is 2. The van der Waals surface area contributed by atoms with Gasteiger partial charge in [0.05, 0.1) is 10.6 Å². The van der Waals surface area contributed by atoms with Gasteiger partial charge in [-0.25, -0.2) is 8.42 Å². The fraction of sp³-hybridized carbons (Fsp3) is 0.310. The van der Waals surface area contributed by atoms with Gasteiger partial charge in [-0.15, -0.1) is 0 Å². The summed E-state index contributed by atoms with van der Waals surface area (Å²) >= 11 is 6.04. The van der Waals surface area contributed by atoms with E-state index >= 15 is 0 Å². The lowest BCUT2D eigenvalue weighted by molar-refractivity contribution is -0.139. The van der Waals surface area contributed by atoms with Crippen LogP contribution in [0.2, 0.25) is 5.02 Å². The van der Waals surface area contributed by atoms with Crippen molar-refractivity contribution >= 4 is 39.1 Å². The molecule has 0 heterocycles. The van der Waals surface area contributed by atoms with Gasteiger partial charge in [-0.2, -0.15) is 0 Å². The van der Waals surface area contributed by atoms with E-state index in [1.807, 2.05) is 26.0 Å². The molecule has 202 valence electrons. The molecule has 0 saturated carbocycles. The van der Waals surface area contributed by atoms with E-state index in [4.69, 9.17) is 11.6 Å². The van der Waals surface area contributed by atoms with Crippen LogP contribution in [0.1, 0.15) is 37.0 Å². The maximum atomic E-state index is 13.9. The van der Waals surface area contributed by atoms with Crippen LogP contribution in [0.5, 0.6) is 0 Å². The first-order chi connectivity index (χ1) is 18.0. The number of sulfonamides is 1. The molecule has 0 radical (unpaired) electrons. The van der Waals surface area contributed by atoms with Crippen LogP contribution in [0, 0.1) is 13.8 Å². The van der Waals surface area contributed by atoms with Crippen LogP contribution in [0.3, 0.4) is 0 Å². The molecule has 3 aromatic rings. The maximum absolute atomic E-state index is 13.9. The average molecular weight is 556 g/mol. The number of rotatable bonds is 11. The number of halogens is 1. The molecule has 0 saturated heterocycles. The second-order valence-electron chi connectivity index (χ2n) is 9.23. The van der Waals surface area contributed by atoms with Gasteiger partial charge < -0.3 is 10.2 Å². The molecule has 0 aromatic heterocycles. The smallest absolute Gasteiger partial charge is 0.264 e. The number of hydrogen-bond acceptors (Lipinski definition) is 4. The molecule has 1 atom stereocenters. The molecule has 38 heavy (non-hydrogen) atoms. The third kappa shape index (κ3) is 7.14. The summed E-state index contributed by atoms with van der Waals surface area (Å²) in [4.78, 5) is 28.3. The molecule has 0 aliphatic rings. The minimum absolute atomic E-state index is 0.0756. The monoisotopic (exact) mass is 555 g/mol. The van der Waals surface area contributed by atoms with Crippen molar-refractivity contribution in [3.05, 3.63) is 94.5 Å². The van der Waals surface area contributed by atoms with E-state index in [1.165, 1.54) is 17.0 Å². The van der Waals surface area contributed by atoms with Gasteiger partial charge in [-0.3, -0.25) is 13.9 Å². The fourth-order valence-electron chi connectivity index (χ4n) is 3.99. The SMILES string of the molecule is CCCNC(=O)[C@@H](C)N(Cc1ccc(Cl)cc1)C(=O)CN(c1cc(C)ccc1C)S(=O)(=O)c1ccccc1. The molecule has 7 nitrogen and oxygen atoms in total. The van der Waals surface area contributed by atoms with Crippen molar-refractivity contribution in [2.75, 3.05) is 17.4 Å². The Labute approximate surface area is 230 Å². The van der Waals surface area contributed by atoms with Crippen LogP contribution in [0.25, 0.3) is 0 Å². The van der Waals surface area contributed by atoms with E-state index in [1.54, 1.807) is 62.4 Å². The van der Waals surface area contributed by atoms with Crippen LogP contribution in [-0.2, 0) is 26.2 Å². The highest BCUT2D eigenvalue weighted by atomic mass is 35.5. The minimum atomic E-state index is -4.09. The van der Waals surface area contributed by atoms with Gasteiger partial charge >= 0.3 is 0 Å². The summed E-state index contributed by atoms with van der Waals surface area (Å²) < 4.78 is 28.9. The minimum Gasteiger partial charge on any atom is -0.354 e. The lowest BCUT2D eigenvalue weighted by Gasteiger charge is -2.32. The van der Waals surface area contributed by atoms with E-state index in [-0.39, 0.29) is 17.3 Å². The zero-order valence-electron chi connectivity index (χ0n) is 22.1. The van der Waals surface area contributed by atoms with Crippen LogP contribution < -0.4 is 9.62 Å². The number of nitrogens with one attached hydrogen (secondary N) is 1. The third-order valence-corrected chi connectivity index (χ3v) is 8.25. The van der Waals surface area contributed by atoms with Gasteiger partial charge in [0.1, 0.15) is 12.6 Å². The topological polar surface area (TPSA) is 86.8 Å². The highest BCUT2D eigenvalue weighted by Crippen LogP contribution is 2.28. The Kier molecular flexibility index (Phi) is 9.94. The Morgan fingerprint density at radius 3 is 2.26 bits per heavy atom. The highest BCUT2D eigenvalue weighted by Gasteiger charge is 2.33. The van der Waals surface area contributed by atoms with Crippen molar-refractivity contribution in [2.45, 2.75) is 51.6 Å². The molecule has 0 fully saturated rings. The fourth-order valence-corrected chi connectivity index (χ4v) is 5.60. The number of benzene rings is 3. The normalized spacial score (nSPS) is 12.0. The number of amides is 2. The van der Waals surface area contributed by atoms with E-state index in [0.717, 1.165) is 21.9 Å². The molecule has 0 bridgehead atoms. The number of anilines is 1. The van der Waals surface area contributed by atoms with Crippen molar-refractivity contribution in [1.82, 2.24) is 10.2 Å². The summed E-state index contributed by atoms with van der Waals surface area (Å²) in [6.45, 7) is 7.38. The Hall–Kier alpha value is -3.36. The van der Waals surface area contributed by atoms with Crippen molar-refractivity contribution in [3.63, 3.8) is 0 Å².